The van der Waals surface area contributed by atoms with E-state index in [4.69, 9.17) is 11.6 Å². The standard InChI is InChI=1S/C12H22N16/c1-4-12(3,5-2)27-23-10-15-6(13)28(26-10)11-24-21-9(22-25-11)17-7-16-8(18-14)20-19-7/h27H,4-5,14H2,1-3H3,(H3,13,15,23,26)(H3,16,17,18,19,20,21,22). The number of nitrogens with one attached hydrogen (secondary N) is 5. The Morgan fingerprint density at radius 1 is 1.04 bits per heavy atom. The summed E-state index contributed by atoms with van der Waals surface area (Å²) >= 11 is 0. The molecule has 3 rings (SSSR count). The van der Waals surface area contributed by atoms with Gasteiger partial charge in [0.2, 0.25) is 11.9 Å². The van der Waals surface area contributed by atoms with Crippen molar-refractivity contribution in [2.24, 2.45) is 5.84 Å². The van der Waals surface area contributed by atoms with Gasteiger partial charge in [0.1, 0.15) is 0 Å². The van der Waals surface area contributed by atoms with Crippen LogP contribution in [0, 0.1) is 0 Å². The van der Waals surface area contributed by atoms with Crippen molar-refractivity contribution in [3.05, 3.63) is 0 Å². The van der Waals surface area contributed by atoms with Gasteiger partial charge in [0, 0.05) is 5.54 Å². The molecule has 0 saturated carbocycles. The number of aromatic nitrogens is 10. The van der Waals surface area contributed by atoms with E-state index in [-0.39, 0.29) is 41.2 Å². The molecule has 0 fully saturated rings. The summed E-state index contributed by atoms with van der Waals surface area (Å²) in [7, 11) is 0. The first-order chi connectivity index (χ1) is 13.5. The lowest BCUT2D eigenvalue weighted by Gasteiger charge is -2.27. The highest BCUT2D eigenvalue weighted by molar-refractivity contribution is 5.43. The normalized spacial score (nSPS) is 11.4. The molecule has 16 heteroatoms. The Morgan fingerprint density at radius 2 is 1.75 bits per heavy atom. The fourth-order valence-electron chi connectivity index (χ4n) is 2.00. The molecule has 0 bridgehead atoms. The zero-order valence-electron chi connectivity index (χ0n) is 15.6. The van der Waals surface area contributed by atoms with E-state index in [1.165, 1.54) is 4.68 Å². The SMILES string of the molecule is CCC(C)(CC)NNc1nc(N)n(-c2nnc(Nc3n[nH]c(NN)n3)nn2)n1. The highest BCUT2D eigenvalue weighted by Gasteiger charge is 2.20. The van der Waals surface area contributed by atoms with Crippen molar-refractivity contribution in [2.45, 2.75) is 39.2 Å². The Balaban J connectivity index is 1.69. The van der Waals surface area contributed by atoms with Gasteiger partial charge in [0.15, 0.2) is 0 Å². The summed E-state index contributed by atoms with van der Waals surface area (Å²) in [6, 6.07) is 0. The van der Waals surface area contributed by atoms with Crippen LogP contribution in [0.2, 0.25) is 0 Å². The smallest absolute Gasteiger partial charge is 0.292 e. The third kappa shape index (κ3) is 4.18. The van der Waals surface area contributed by atoms with E-state index in [2.05, 4.69) is 88.0 Å². The molecule has 16 nitrogen and oxygen atoms in total. The Morgan fingerprint density at radius 3 is 2.36 bits per heavy atom. The molecule has 0 aliphatic carbocycles. The highest BCUT2D eigenvalue weighted by atomic mass is 15.6. The molecule has 0 amide bonds. The molecule has 0 aliphatic heterocycles. The van der Waals surface area contributed by atoms with Crippen LogP contribution in [-0.4, -0.2) is 55.9 Å². The maximum Gasteiger partial charge on any atom is 0.292 e. The molecule has 3 aromatic heterocycles. The molecule has 28 heavy (non-hydrogen) atoms. The first-order valence-electron chi connectivity index (χ1n) is 8.46. The van der Waals surface area contributed by atoms with Crippen LogP contribution in [0.4, 0.5) is 29.7 Å². The molecular weight excluding hydrogens is 368 g/mol. The average molecular weight is 390 g/mol. The summed E-state index contributed by atoms with van der Waals surface area (Å²) in [6.07, 6.45) is 1.84. The zero-order chi connectivity index (χ0) is 20.1. The van der Waals surface area contributed by atoms with Gasteiger partial charge in [-0.1, -0.05) is 13.8 Å². The minimum absolute atomic E-state index is 0.0524. The van der Waals surface area contributed by atoms with Gasteiger partial charge in [-0.25, -0.2) is 16.4 Å². The maximum absolute atomic E-state index is 5.88. The number of nitrogens with two attached hydrogens (primary N) is 2. The van der Waals surface area contributed by atoms with Crippen molar-refractivity contribution in [1.29, 1.82) is 0 Å². The lowest BCUT2D eigenvalue weighted by Crippen LogP contribution is -2.44. The van der Waals surface area contributed by atoms with Gasteiger partial charge in [-0.2, -0.15) is 14.6 Å². The van der Waals surface area contributed by atoms with Crippen molar-refractivity contribution in [1.82, 2.24) is 55.8 Å². The summed E-state index contributed by atoms with van der Waals surface area (Å²) in [6.45, 7) is 6.26. The number of H-pyrrole nitrogens is 1. The minimum atomic E-state index is -0.104. The number of nitrogen functional groups attached to an aromatic ring is 2. The Kier molecular flexibility index (Phi) is 5.41. The Hall–Kier alpha value is -3.66. The van der Waals surface area contributed by atoms with E-state index in [0.717, 1.165) is 12.8 Å². The number of aromatic amines is 1. The van der Waals surface area contributed by atoms with Crippen LogP contribution in [-0.2, 0) is 0 Å². The minimum Gasteiger partial charge on any atom is -0.368 e. The number of hydrazine groups is 2. The van der Waals surface area contributed by atoms with Crippen LogP contribution in [0.15, 0.2) is 0 Å². The van der Waals surface area contributed by atoms with Gasteiger partial charge < -0.3 is 5.73 Å². The molecule has 0 aromatic carbocycles. The Labute approximate surface area is 159 Å². The van der Waals surface area contributed by atoms with Gasteiger partial charge >= 0.3 is 0 Å². The van der Waals surface area contributed by atoms with Gasteiger partial charge in [-0.15, -0.1) is 30.6 Å². The molecule has 0 saturated heterocycles. The topological polar surface area (TPSA) is 224 Å². The molecule has 0 aliphatic rings. The molecule has 3 aromatic rings. The van der Waals surface area contributed by atoms with Gasteiger partial charge in [-0.3, -0.25) is 16.2 Å². The monoisotopic (exact) mass is 390 g/mol. The largest absolute Gasteiger partial charge is 0.368 e. The second kappa shape index (κ2) is 7.92. The number of anilines is 5. The van der Waals surface area contributed by atoms with Crippen LogP contribution in [0.25, 0.3) is 5.95 Å². The second-order valence-electron chi connectivity index (χ2n) is 6.02. The van der Waals surface area contributed by atoms with Crippen LogP contribution in [0.3, 0.4) is 0 Å². The third-order valence-electron chi connectivity index (χ3n) is 4.17. The molecule has 150 valence electrons. The van der Waals surface area contributed by atoms with Crippen LogP contribution in [0.1, 0.15) is 33.6 Å². The number of rotatable bonds is 9. The Bertz CT molecular complexity index is 893. The summed E-state index contributed by atoms with van der Waals surface area (Å²) in [5.74, 6) is 6.16. The van der Waals surface area contributed by atoms with E-state index in [9.17, 15) is 0 Å². The van der Waals surface area contributed by atoms with E-state index in [1.54, 1.807) is 0 Å². The van der Waals surface area contributed by atoms with Gasteiger partial charge in [0.25, 0.3) is 23.8 Å². The predicted molar refractivity (Wildman–Crippen MR) is 100 cm³/mol. The van der Waals surface area contributed by atoms with E-state index < -0.39 is 0 Å². The van der Waals surface area contributed by atoms with E-state index in [0.29, 0.717) is 0 Å². The van der Waals surface area contributed by atoms with Crippen molar-refractivity contribution in [3.8, 4) is 5.95 Å². The van der Waals surface area contributed by atoms with Crippen LogP contribution >= 0.6 is 0 Å². The highest BCUT2D eigenvalue weighted by Crippen LogP contribution is 2.15. The maximum atomic E-state index is 5.88. The molecule has 0 spiro atoms. The molecule has 0 radical (unpaired) electrons. The summed E-state index contributed by atoms with van der Waals surface area (Å²) < 4.78 is 1.21. The zero-order valence-corrected chi connectivity index (χ0v) is 15.6. The van der Waals surface area contributed by atoms with Crippen molar-refractivity contribution in [2.75, 3.05) is 21.9 Å². The number of nitrogens with zero attached hydrogens (tertiary/aromatic N) is 9. The molecule has 0 unspecified atom stereocenters. The van der Waals surface area contributed by atoms with Crippen LogP contribution < -0.4 is 33.2 Å². The van der Waals surface area contributed by atoms with Crippen molar-refractivity contribution >= 4 is 29.7 Å². The summed E-state index contributed by atoms with van der Waals surface area (Å²) in [4.78, 5) is 8.09. The van der Waals surface area contributed by atoms with E-state index in [1.807, 2.05) is 0 Å². The molecule has 9 N–H and O–H groups in total. The number of hydrogen-bond donors (Lipinski definition) is 7. The molecule has 0 atom stereocenters. The third-order valence-corrected chi connectivity index (χ3v) is 4.17. The lowest BCUT2D eigenvalue weighted by atomic mass is 9.97. The van der Waals surface area contributed by atoms with E-state index >= 15 is 0 Å². The summed E-state index contributed by atoms with van der Waals surface area (Å²) in [5, 5.41) is 28.9. The van der Waals surface area contributed by atoms with Crippen LogP contribution in [0.5, 0.6) is 0 Å². The lowest BCUT2D eigenvalue weighted by molar-refractivity contribution is 0.356. The first-order valence-corrected chi connectivity index (χ1v) is 8.46. The average Bonchev–Trinajstić information content (AvgIpc) is 3.33. The van der Waals surface area contributed by atoms with Gasteiger partial charge in [0.05, 0.1) is 0 Å². The first kappa shape index (κ1) is 19.1. The van der Waals surface area contributed by atoms with Crippen molar-refractivity contribution in [3.63, 3.8) is 0 Å². The number of hydrogen-bond acceptors (Lipinski definition) is 14. The van der Waals surface area contributed by atoms with Gasteiger partial charge in [-0.05, 0) is 19.8 Å². The fourth-order valence-corrected chi connectivity index (χ4v) is 2.00. The fraction of sp³-hybridized carbons (Fsp3) is 0.500. The molecular formula is C12H22N16. The van der Waals surface area contributed by atoms with Crippen molar-refractivity contribution < 1.29 is 0 Å². The quantitative estimate of drug-likeness (QED) is 0.173. The molecule has 3 heterocycles. The predicted octanol–water partition coefficient (Wildman–Crippen LogP) is -0.928. The second-order valence-corrected chi connectivity index (χ2v) is 6.02. The summed E-state index contributed by atoms with van der Waals surface area (Å²) in [5.41, 5.74) is 14.2.